The fourth-order valence-corrected chi connectivity index (χ4v) is 3.81. The van der Waals surface area contributed by atoms with E-state index in [0.29, 0.717) is 0 Å². The van der Waals surface area contributed by atoms with Crippen molar-refractivity contribution in [3.05, 3.63) is 48.0 Å². The molecule has 28 heavy (non-hydrogen) atoms. The Bertz CT molecular complexity index is 716. The summed E-state index contributed by atoms with van der Waals surface area (Å²) in [5, 5.41) is 11.8. The Morgan fingerprint density at radius 3 is 2.68 bits per heavy atom. The number of guanidine groups is 1. The van der Waals surface area contributed by atoms with E-state index in [1.54, 1.807) is 0 Å². The number of benzene rings is 1. The minimum atomic E-state index is 0.773. The molecular formula is C22H34N6. The summed E-state index contributed by atoms with van der Waals surface area (Å²) in [6, 6.07) is 10.9. The van der Waals surface area contributed by atoms with E-state index in [-0.39, 0.29) is 0 Å². The number of likely N-dealkylation sites (tertiary alicyclic amines) is 1. The van der Waals surface area contributed by atoms with Crippen LogP contribution in [-0.2, 0) is 19.4 Å². The van der Waals surface area contributed by atoms with Crippen molar-refractivity contribution in [1.29, 1.82) is 0 Å². The molecule has 1 fully saturated rings. The normalized spacial score (nSPS) is 15.8. The first-order chi connectivity index (χ1) is 13.8. The van der Waals surface area contributed by atoms with Crippen LogP contribution in [0.1, 0.15) is 44.5 Å². The third-order valence-corrected chi connectivity index (χ3v) is 5.41. The van der Waals surface area contributed by atoms with Crippen LogP contribution in [0.4, 0.5) is 0 Å². The van der Waals surface area contributed by atoms with Gasteiger partial charge < -0.3 is 14.8 Å². The highest BCUT2D eigenvalue weighted by atomic mass is 15.3. The fraction of sp³-hybridized carbons (Fsp3) is 0.591. The summed E-state index contributed by atoms with van der Waals surface area (Å²) in [7, 11) is 0. The Balaban J connectivity index is 1.49. The summed E-state index contributed by atoms with van der Waals surface area (Å²) in [6.45, 7) is 9.04. The highest BCUT2D eigenvalue weighted by Crippen LogP contribution is 2.21. The molecule has 0 unspecified atom stereocenters. The summed E-state index contributed by atoms with van der Waals surface area (Å²) in [5.74, 6) is 2.87. The molecular weight excluding hydrogens is 348 g/mol. The van der Waals surface area contributed by atoms with Crippen molar-refractivity contribution in [1.82, 2.24) is 25.0 Å². The van der Waals surface area contributed by atoms with Gasteiger partial charge >= 0.3 is 0 Å². The van der Waals surface area contributed by atoms with Gasteiger partial charge in [0.2, 0.25) is 0 Å². The molecule has 6 heteroatoms. The molecule has 1 aliphatic rings. The standard InChI is InChI=1S/C22H34N6/c1-3-12-23-22(24-13-16-28-18-25-26-21(28)4-2)27-14-10-20(11-15-27)17-19-8-6-5-7-9-19/h5-9,18,20H,3-4,10-17H2,1-2H3,(H,23,24). The van der Waals surface area contributed by atoms with Crippen LogP contribution in [0.15, 0.2) is 41.7 Å². The van der Waals surface area contributed by atoms with Gasteiger partial charge in [0.1, 0.15) is 12.2 Å². The quantitative estimate of drug-likeness (QED) is 0.563. The van der Waals surface area contributed by atoms with Crippen LogP contribution in [0, 0.1) is 5.92 Å². The fourth-order valence-electron chi connectivity index (χ4n) is 3.81. The van der Waals surface area contributed by atoms with Gasteiger partial charge in [-0.25, -0.2) is 0 Å². The van der Waals surface area contributed by atoms with Crippen molar-refractivity contribution >= 4 is 5.96 Å². The topological polar surface area (TPSA) is 58.3 Å². The van der Waals surface area contributed by atoms with Gasteiger partial charge in [-0.3, -0.25) is 4.99 Å². The molecule has 0 spiro atoms. The SMILES string of the molecule is CCCN=C(NCCn1cnnc1CC)N1CCC(Cc2ccccc2)CC1. The van der Waals surface area contributed by atoms with Crippen LogP contribution in [0.3, 0.4) is 0 Å². The molecule has 0 amide bonds. The van der Waals surface area contributed by atoms with Crippen LogP contribution < -0.4 is 5.32 Å². The van der Waals surface area contributed by atoms with E-state index in [9.17, 15) is 0 Å². The summed E-state index contributed by atoms with van der Waals surface area (Å²) >= 11 is 0. The average Bonchev–Trinajstić information content (AvgIpc) is 3.19. The smallest absolute Gasteiger partial charge is 0.193 e. The number of hydrogen-bond donors (Lipinski definition) is 1. The minimum Gasteiger partial charge on any atom is -0.354 e. The predicted octanol–water partition coefficient (Wildman–Crippen LogP) is 3.15. The number of aryl methyl sites for hydroxylation is 1. The molecule has 1 aromatic heterocycles. The number of hydrogen-bond acceptors (Lipinski definition) is 3. The zero-order chi connectivity index (χ0) is 19.6. The molecule has 3 rings (SSSR count). The molecule has 2 aromatic rings. The van der Waals surface area contributed by atoms with Crippen molar-refractivity contribution in [3.8, 4) is 0 Å². The maximum absolute atomic E-state index is 4.83. The lowest BCUT2D eigenvalue weighted by Crippen LogP contribution is -2.46. The Kier molecular flexibility index (Phi) is 7.88. The maximum Gasteiger partial charge on any atom is 0.193 e. The Morgan fingerprint density at radius 2 is 1.96 bits per heavy atom. The van der Waals surface area contributed by atoms with Gasteiger partial charge in [-0.15, -0.1) is 10.2 Å². The molecule has 1 aliphatic heterocycles. The maximum atomic E-state index is 4.83. The number of nitrogens with zero attached hydrogens (tertiary/aromatic N) is 5. The number of nitrogens with one attached hydrogen (secondary N) is 1. The van der Waals surface area contributed by atoms with Crippen LogP contribution in [0.5, 0.6) is 0 Å². The van der Waals surface area contributed by atoms with Crippen LogP contribution in [-0.4, -0.2) is 51.8 Å². The third kappa shape index (κ3) is 5.81. The van der Waals surface area contributed by atoms with E-state index in [1.165, 1.54) is 24.8 Å². The lowest BCUT2D eigenvalue weighted by molar-refractivity contribution is 0.258. The van der Waals surface area contributed by atoms with E-state index >= 15 is 0 Å². The molecule has 2 heterocycles. The van der Waals surface area contributed by atoms with Crippen molar-refractivity contribution in [2.45, 2.75) is 52.5 Å². The van der Waals surface area contributed by atoms with Gasteiger partial charge in [0, 0.05) is 39.1 Å². The molecule has 152 valence electrons. The largest absolute Gasteiger partial charge is 0.354 e. The van der Waals surface area contributed by atoms with Crippen molar-refractivity contribution in [2.24, 2.45) is 10.9 Å². The minimum absolute atomic E-state index is 0.773. The number of aromatic nitrogens is 3. The Morgan fingerprint density at radius 1 is 1.18 bits per heavy atom. The molecule has 1 N–H and O–H groups in total. The van der Waals surface area contributed by atoms with E-state index in [4.69, 9.17) is 4.99 Å². The van der Waals surface area contributed by atoms with E-state index in [1.807, 2.05) is 6.33 Å². The van der Waals surface area contributed by atoms with Gasteiger partial charge in [0.15, 0.2) is 5.96 Å². The number of aliphatic imine (C=N–C) groups is 1. The molecule has 0 atom stereocenters. The molecule has 1 saturated heterocycles. The molecule has 6 nitrogen and oxygen atoms in total. The zero-order valence-corrected chi connectivity index (χ0v) is 17.3. The van der Waals surface area contributed by atoms with Crippen molar-refractivity contribution in [3.63, 3.8) is 0 Å². The van der Waals surface area contributed by atoms with E-state index in [2.05, 4.69) is 69.2 Å². The van der Waals surface area contributed by atoms with Gasteiger partial charge in [0.05, 0.1) is 0 Å². The van der Waals surface area contributed by atoms with Gasteiger partial charge in [0.25, 0.3) is 0 Å². The van der Waals surface area contributed by atoms with Crippen LogP contribution in [0.2, 0.25) is 0 Å². The second kappa shape index (κ2) is 10.8. The molecule has 1 aromatic carbocycles. The highest BCUT2D eigenvalue weighted by Gasteiger charge is 2.21. The highest BCUT2D eigenvalue weighted by molar-refractivity contribution is 5.80. The summed E-state index contributed by atoms with van der Waals surface area (Å²) in [5.41, 5.74) is 1.46. The Hall–Kier alpha value is -2.37. The molecule has 0 radical (unpaired) electrons. The second-order valence-corrected chi connectivity index (χ2v) is 7.55. The van der Waals surface area contributed by atoms with Crippen molar-refractivity contribution < 1.29 is 0 Å². The van der Waals surface area contributed by atoms with E-state index < -0.39 is 0 Å². The van der Waals surface area contributed by atoms with Gasteiger partial charge in [-0.1, -0.05) is 44.2 Å². The first-order valence-corrected chi connectivity index (χ1v) is 10.7. The van der Waals surface area contributed by atoms with Gasteiger partial charge in [-0.05, 0) is 37.2 Å². The van der Waals surface area contributed by atoms with Crippen molar-refractivity contribution in [2.75, 3.05) is 26.2 Å². The first kappa shape index (κ1) is 20.4. The number of piperidine rings is 1. The third-order valence-electron chi connectivity index (χ3n) is 5.41. The van der Waals surface area contributed by atoms with Crippen LogP contribution in [0.25, 0.3) is 0 Å². The summed E-state index contributed by atoms with van der Waals surface area (Å²) in [4.78, 5) is 7.26. The lowest BCUT2D eigenvalue weighted by atomic mass is 9.90. The zero-order valence-electron chi connectivity index (χ0n) is 17.3. The summed E-state index contributed by atoms with van der Waals surface area (Å²) < 4.78 is 2.12. The molecule has 0 bridgehead atoms. The molecule has 0 saturated carbocycles. The van der Waals surface area contributed by atoms with Gasteiger partial charge in [-0.2, -0.15) is 0 Å². The molecule has 0 aliphatic carbocycles. The Labute approximate surface area is 169 Å². The lowest BCUT2D eigenvalue weighted by Gasteiger charge is -2.34. The summed E-state index contributed by atoms with van der Waals surface area (Å²) in [6.07, 6.45) is 7.45. The monoisotopic (exact) mass is 382 g/mol. The predicted molar refractivity (Wildman–Crippen MR) is 114 cm³/mol. The van der Waals surface area contributed by atoms with E-state index in [0.717, 1.165) is 63.3 Å². The average molecular weight is 383 g/mol. The van der Waals surface area contributed by atoms with Crippen LogP contribution >= 0.6 is 0 Å². The first-order valence-electron chi connectivity index (χ1n) is 10.7. The second-order valence-electron chi connectivity index (χ2n) is 7.55. The number of rotatable bonds is 8.